The van der Waals surface area contributed by atoms with Gasteiger partial charge in [0, 0.05) is 11.0 Å². The molecule has 0 amide bonds. The zero-order valence-electron chi connectivity index (χ0n) is 10.9. The van der Waals surface area contributed by atoms with Gasteiger partial charge in [0.2, 0.25) is 0 Å². The molecule has 19 heavy (non-hydrogen) atoms. The summed E-state index contributed by atoms with van der Waals surface area (Å²) in [6.07, 6.45) is 1.89. The van der Waals surface area contributed by atoms with E-state index >= 15 is 0 Å². The van der Waals surface area contributed by atoms with Crippen molar-refractivity contribution in [3.05, 3.63) is 39.6 Å². The summed E-state index contributed by atoms with van der Waals surface area (Å²) >= 11 is 9.57. The highest BCUT2D eigenvalue weighted by atomic mass is 79.9. The first kappa shape index (κ1) is 14.5. The van der Waals surface area contributed by atoms with Crippen LogP contribution in [0.25, 0.3) is 5.69 Å². The Labute approximate surface area is 126 Å². The minimum absolute atomic E-state index is 0.621. The van der Waals surface area contributed by atoms with Crippen LogP contribution < -0.4 is 5.32 Å². The summed E-state index contributed by atoms with van der Waals surface area (Å²) in [5.41, 5.74) is 1.73. The van der Waals surface area contributed by atoms with Gasteiger partial charge in [0.1, 0.15) is 0 Å². The highest BCUT2D eigenvalue weighted by Crippen LogP contribution is 2.23. The Morgan fingerprint density at radius 1 is 1.42 bits per heavy atom. The lowest BCUT2D eigenvalue weighted by Crippen LogP contribution is -2.19. The molecule has 0 saturated heterocycles. The zero-order valence-corrected chi connectivity index (χ0v) is 13.2. The molecule has 2 rings (SSSR count). The average Bonchev–Trinajstić information content (AvgIpc) is 2.77. The van der Waals surface area contributed by atoms with Crippen molar-refractivity contribution in [2.45, 2.75) is 20.4 Å². The third kappa shape index (κ3) is 4.03. The quantitative estimate of drug-likeness (QED) is 0.904. The second-order valence-electron chi connectivity index (χ2n) is 4.77. The van der Waals surface area contributed by atoms with Crippen LogP contribution in [0.2, 0.25) is 5.02 Å². The second-order valence-corrected chi connectivity index (χ2v) is 6.10. The fourth-order valence-corrected chi connectivity index (χ4v) is 2.41. The van der Waals surface area contributed by atoms with Crippen molar-refractivity contribution in [3.8, 4) is 5.69 Å². The predicted molar refractivity (Wildman–Crippen MR) is 80.6 cm³/mol. The third-order valence-electron chi connectivity index (χ3n) is 2.56. The van der Waals surface area contributed by atoms with E-state index in [9.17, 15) is 0 Å². The number of rotatable bonds is 5. The van der Waals surface area contributed by atoms with Gasteiger partial charge >= 0.3 is 0 Å². The number of hydrogen-bond donors (Lipinski definition) is 1. The molecule has 2 aromatic rings. The summed E-state index contributed by atoms with van der Waals surface area (Å²) in [7, 11) is 0. The van der Waals surface area contributed by atoms with E-state index in [2.05, 4.69) is 45.4 Å². The van der Waals surface area contributed by atoms with E-state index in [-0.39, 0.29) is 0 Å². The van der Waals surface area contributed by atoms with Gasteiger partial charge in [-0.3, -0.25) is 0 Å². The SMILES string of the molecule is CC(C)CNCc1cn(-c2ccc(Br)cc2Cl)nn1. The molecule has 0 bridgehead atoms. The number of nitrogens with zero attached hydrogens (tertiary/aromatic N) is 3. The summed E-state index contributed by atoms with van der Waals surface area (Å²) in [6.45, 7) is 6.02. The van der Waals surface area contributed by atoms with Crippen molar-refractivity contribution in [3.63, 3.8) is 0 Å². The van der Waals surface area contributed by atoms with Crippen LogP contribution in [-0.4, -0.2) is 21.5 Å². The Balaban J connectivity index is 2.08. The molecule has 0 spiro atoms. The minimum Gasteiger partial charge on any atom is -0.311 e. The van der Waals surface area contributed by atoms with Crippen LogP contribution >= 0.6 is 27.5 Å². The summed E-state index contributed by atoms with van der Waals surface area (Å²) in [4.78, 5) is 0. The van der Waals surface area contributed by atoms with Crippen LogP contribution in [0.1, 0.15) is 19.5 Å². The van der Waals surface area contributed by atoms with E-state index in [0.29, 0.717) is 17.5 Å². The Morgan fingerprint density at radius 2 is 2.21 bits per heavy atom. The van der Waals surface area contributed by atoms with Crippen LogP contribution in [0.3, 0.4) is 0 Å². The highest BCUT2D eigenvalue weighted by molar-refractivity contribution is 9.10. The predicted octanol–water partition coefficient (Wildman–Crippen LogP) is 3.43. The summed E-state index contributed by atoms with van der Waals surface area (Å²) < 4.78 is 2.64. The molecule has 0 fully saturated rings. The summed E-state index contributed by atoms with van der Waals surface area (Å²) in [6, 6.07) is 5.68. The van der Waals surface area contributed by atoms with E-state index in [1.807, 2.05) is 24.4 Å². The van der Waals surface area contributed by atoms with Crippen molar-refractivity contribution in [2.24, 2.45) is 5.92 Å². The van der Waals surface area contributed by atoms with Gasteiger partial charge in [-0.1, -0.05) is 46.6 Å². The molecule has 1 aromatic carbocycles. The lowest BCUT2D eigenvalue weighted by Gasteiger charge is -2.04. The summed E-state index contributed by atoms with van der Waals surface area (Å²) in [5, 5.41) is 12.2. The van der Waals surface area contributed by atoms with E-state index in [1.54, 1.807) is 4.68 Å². The zero-order chi connectivity index (χ0) is 13.8. The van der Waals surface area contributed by atoms with E-state index in [1.165, 1.54) is 0 Å². The van der Waals surface area contributed by atoms with Gasteiger partial charge in [0.25, 0.3) is 0 Å². The fraction of sp³-hybridized carbons (Fsp3) is 0.385. The normalized spacial score (nSPS) is 11.2. The number of benzene rings is 1. The van der Waals surface area contributed by atoms with Gasteiger partial charge in [0.15, 0.2) is 0 Å². The molecule has 6 heteroatoms. The number of hydrogen-bond acceptors (Lipinski definition) is 3. The number of aromatic nitrogens is 3. The Kier molecular flexibility index (Phi) is 4.96. The highest BCUT2D eigenvalue weighted by Gasteiger charge is 2.07. The molecule has 1 aromatic heterocycles. The molecular formula is C13H16BrClN4. The molecule has 0 atom stereocenters. The Hall–Kier alpha value is -0.910. The smallest absolute Gasteiger partial charge is 0.0969 e. The third-order valence-corrected chi connectivity index (χ3v) is 3.35. The first-order valence-electron chi connectivity index (χ1n) is 6.13. The minimum atomic E-state index is 0.621. The molecule has 0 aliphatic carbocycles. The molecule has 1 N–H and O–H groups in total. The van der Waals surface area contributed by atoms with Gasteiger partial charge in [0.05, 0.1) is 22.6 Å². The van der Waals surface area contributed by atoms with Crippen LogP contribution in [0.5, 0.6) is 0 Å². The molecule has 0 saturated carbocycles. The lowest BCUT2D eigenvalue weighted by atomic mass is 10.2. The van der Waals surface area contributed by atoms with Crippen LogP contribution in [0, 0.1) is 5.92 Å². The average molecular weight is 344 g/mol. The van der Waals surface area contributed by atoms with Gasteiger partial charge in [-0.05, 0) is 30.7 Å². The maximum Gasteiger partial charge on any atom is 0.0969 e. The van der Waals surface area contributed by atoms with Crippen molar-refractivity contribution < 1.29 is 0 Å². The fourth-order valence-electron chi connectivity index (χ4n) is 1.65. The van der Waals surface area contributed by atoms with Crippen molar-refractivity contribution in [2.75, 3.05) is 6.54 Å². The van der Waals surface area contributed by atoms with Crippen molar-refractivity contribution in [1.82, 2.24) is 20.3 Å². The largest absolute Gasteiger partial charge is 0.311 e. The van der Waals surface area contributed by atoms with Crippen LogP contribution in [-0.2, 0) is 6.54 Å². The molecule has 0 aliphatic heterocycles. The van der Waals surface area contributed by atoms with Crippen molar-refractivity contribution in [1.29, 1.82) is 0 Å². The molecule has 0 unspecified atom stereocenters. The maximum absolute atomic E-state index is 6.18. The van der Waals surface area contributed by atoms with E-state index in [4.69, 9.17) is 11.6 Å². The Morgan fingerprint density at radius 3 is 2.89 bits per heavy atom. The van der Waals surface area contributed by atoms with Crippen molar-refractivity contribution >= 4 is 27.5 Å². The number of nitrogens with one attached hydrogen (secondary N) is 1. The molecular weight excluding hydrogens is 328 g/mol. The molecule has 0 aliphatic rings. The maximum atomic E-state index is 6.18. The second kappa shape index (κ2) is 6.50. The first-order valence-corrected chi connectivity index (χ1v) is 7.30. The molecule has 0 radical (unpaired) electrons. The van der Waals surface area contributed by atoms with Gasteiger partial charge in [-0.2, -0.15) is 0 Å². The van der Waals surface area contributed by atoms with Gasteiger partial charge < -0.3 is 5.32 Å². The number of halogens is 2. The monoisotopic (exact) mass is 342 g/mol. The molecule has 1 heterocycles. The molecule has 102 valence electrons. The first-order chi connectivity index (χ1) is 9.06. The van der Waals surface area contributed by atoms with Crippen LogP contribution in [0.15, 0.2) is 28.9 Å². The standard InChI is InChI=1S/C13H16BrClN4/c1-9(2)6-16-7-11-8-19(18-17-11)13-4-3-10(14)5-12(13)15/h3-5,8-9,16H,6-7H2,1-2H3. The van der Waals surface area contributed by atoms with E-state index < -0.39 is 0 Å². The van der Waals surface area contributed by atoms with E-state index in [0.717, 1.165) is 22.4 Å². The Bertz CT molecular complexity index is 553. The van der Waals surface area contributed by atoms with Gasteiger partial charge in [-0.15, -0.1) is 5.10 Å². The molecule has 4 nitrogen and oxygen atoms in total. The summed E-state index contributed by atoms with van der Waals surface area (Å²) in [5.74, 6) is 0.621. The van der Waals surface area contributed by atoms with Crippen LogP contribution in [0.4, 0.5) is 0 Å². The van der Waals surface area contributed by atoms with Gasteiger partial charge in [-0.25, -0.2) is 4.68 Å². The topological polar surface area (TPSA) is 42.7 Å². The lowest BCUT2D eigenvalue weighted by molar-refractivity contribution is 0.548.